The highest BCUT2D eigenvalue weighted by atomic mass is 16.5. The van der Waals surface area contributed by atoms with E-state index in [0.29, 0.717) is 37.0 Å². The van der Waals surface area contributed by atoms with Crippen molar-refractivity contribution in [3.05, 3.63) is 60.2 Å². The van der Waals surface area contributed by atoms with E-state index in [1.54, 1.807) is 24.3 Å². The highest BCUT2D eigenvalue weighted by Crippen LogP contribution is 2.28. The average Bonchev–Trinajstić information content (AvgIpc) is 3.29. The third-order valence-electron chi connectivity index (χ3n) is 4.35. The Labute approximate surface area is 150 Å². The van der Waals surface area contributed by atoms with Crippen molar-refractivity contribution in [3.8, 4) is 17.1 Å². The quantitative estimate of drug-likeness (QED) is 0.704. The first-order valence-corrected chi connectivity index (χ1v) is 8.39. The first-order chi connectivity index (χ1) is 12.7. The molecule has 0 saturated carbocycles. The molecule has 7 nitrogen and oxygen atoms in total. The lowest BCUT2D eigenvalue weighted by atomic mass is 10.1. The standard InChI is InChI=1S/C19H18N4O3/c1-23-11-15(9-17(23)24)19-21-18(22-26-19)14-5-2-6-16(8-14)25-12-13-4-3-7-20-10-13/h2-8,10,15H,9,11-12H2,1H3. The molecule has 7 heteroatoms. The summed E-state index contributed by atoms with van der Waals surface area (Å²) < 4.78 is 11.2. The van der Waals surface area contributed by atoms with Crippen molar-refractivity contribution >= 4 is 5.91 Å². The molecule has 1 aliphatic rings. The summed E-state index contributed by atoms with van der Waals surface area (Å²) in [7, 11) is 1.78. The van der Waals surface area contributed by atoms with Gasteiger partial charge in [0.2, 0.25) is 17.6 Å². The molecule has 3 aromatic rings. The van der Waals surface area contributed by atoms with Crippen LogP contribution in [-0.2, 0) is 11.4 Å². The number of rotatable bonds is 5. The van der Waals surface area contributed by atoms with Crippen LogP contribution in [-0.4, -0.2) is 39.5 Å². The summed E-state index contributed by atoms with van der Waals surface area (Å²) in [4.78, 5) is 21.9. The average molecular weight is 350 g/mol. The zero-order chi connectivity index (χ0) is 17.9. The van der Waals surface area contributed by atoms with Gasteiger partial charge in [-0.15, -0.1) is 0 Å². The van der Waals surface area contributed by atoms with Gasteiger partial charge in [0.1, 0.15) is 12.4 Å². The molecule has 1 aromatic carbocycles. The van der Waals surface area contributed by atoms with Crippen LogP contribution in [0.2, 0.25) is 0 Å². The second-order valence-corrected chi connectivity index (χ2v) is 6.31. The van der Waals surface area contributed by atoms with Crippen molar-refractivity contribution in [1.82, 2.24) is 20.0 Å². The van der Waals surface area contributed by atoms with Crippen LogP contribution in [0.15, 0.2) is 53.3 Å². The third-order valence-corrected chi connectivity index (χ3v) is 4.35. The number of hydrogen-bond acceptors (Lipinski definition) is 6. The predicted molar refractivity (Wildman–Crippen MR) is 93.3 cm³/mol. The number of carbonyl (C=O) groups excluding carboxylic acids is 1. The Morgan fingerprint density at radius 1 is 1.31 bits per heavy atom. The molecule has 132 valence electrons. The molecule has 0 aliphatic carbocycles. The fraction of sp³-hybridized carbons (Fsp3) is 0.263. The van der Waals surface area contributed by atoms with Gasteiger partial charge in [-0.05, 0) is 18.2 Å². The summed E-state index contributed by atoms with van der Waals surface area (Å²) >= 11 is 0. The largest absolute Gasteiger partial charge is 0.489 e. The summed E-state index contributed by atoms with van der Waals surface area (Å²) in [6.45, 7) is 1.04. The number of carbonyl (C=O) groups is 1. The van der Waals surface area contributed by atoms with Crippen molar-refractivity contribution in [2.45, 2.75) is 18.9 Å². The van der Waals surface area contributed by atoms with Crippen LogP contribution in [0.25, 0.3) is 11.4 Å². The summed E-state index contributed by atoms with van der Waals surface area (Å²) in [5.41, 5.74) is 1.80. The lowest BCUT2D eigenvalue weighted by Crippen LogP contribution is -2.18. The van der Waals surface area contributed by atoms with Gasteiger partial charge in [0.15, 0.2) is 0 Å². The first kappa shape index (κ1) is 16.3. The highest BCUT2D eigenvalue weighted by Gasteiger charge is 2.32. The van der Waals surface area contributed by atoms with E-state index in [1.807, 2.05) is 36.4 Å². The minimum Gasteiger partial charge on any atom is -0.489 e. The lowest BCUT2D eigenvalue weighted by Gasteiger charge is -2.06. The minimum atomic E-state index is -0.0428. The maximum Gasteiger partial charge on any atom is 0.232 e. The van der Waals surface area contributed by atoms with E-state index in [1.165, 1.54) is 0 Å². The zero-order valence-corrected chi connectivity index (χ0v) is 14.3. The zero-order valence-electron chi connectivity index (χ0n) is 14.3. The normalized spacial score (nSPS) is 16.9. The van der Waals surface area contributed by atoms with E-state index in [4.69, 9.17) is 9.26 Å². The predicted octanol–water partition coefficient (Wildman–Crippen LogP) is 2.66. The molecule has 0 radical (unpaired) electrons. The van der Waals surface area contributed by atoms with E-state index < -0.39 is 0 Å². The molecule has 1 aliphatic heterocycles. The topological polar surface area (TPSA) is 81.3 Å². The number of ether oxygens (including phenoxy) is 1. The van der Waals surface area contributed by atoms with E-state index in [-0.39, 0.29) is 11.8 Å². The maximum absolute atomic E-state index is 11.7. The van der Waals surface area contributed by atoms with Crippen LogP contribution in [0.3, 0.4) is 0 Å². The summed E-state index contributed by atoms with van der Waals surface area (Å²) in [5, 5.41) is 4.06. The molecule has 0 N–H and O–H groups in total. The molecule has 2 aromatic heterocycles. The van der Waals surface area contributed by atoms with Crippen LogP contribution in [0.4, 0.5) is 0 Å². The Morgan fingerprint density at radius 2 is 2.23 bits per heavy atom. The number of likely N-dealkylation sites (N-methyl/N-ethyl adjacent to an activating group) is 1. The minimum absolute atomic E-state index is 0.0428. The van der Waals surface area contributed by atoms with Crippen LogP contribution in [0.1, 0.15) is 23.8 Å². The first-order valence-electron chi connectivity index (χ1n) is 8.39. The molecule has 3 heterocycles. The number of pyridine rings is 1. The second kappa shape index (κ2) is 6.95. The van der Waals surface area contributed by atoms with Gasteiger partial charge in [0.05, 0.1) is 5.92 Å². The van der Waals surface area contributed by atoms with Gasteiger partial charge in [0.25, 0.3) is 0 Å². The van der Waals surface area contributed by atoms with Crippen molar-refractivity contribution < 1.29 is 14.1 Å². The molecule has 4 rings (SSSR count). The van der Waals surface area contributed by atoms with Crippen molar-refractivity contribution in [1.29, 1.82) is 0 Å². The van der Waals surface area contributed by atoms with E-state index in [9.17, 15) is 4.79 Å². The number of amides is 1. The van der Waals surface area contributed by atoms with Gasteiger partial charge in [-0.2, -0.15) is 4.98 Å². The Morgan fingerprint density at radius 3 is 3.00 bits per heavy atom. The maximum atomic E-state index is 11.7. The van der Waals surface area contributed by atoms with E-state index in [0.717, 1.165) is 11.1 Å². The smallest absolute Gasteiger partial charge is 0.232 e. The molecule has 1 amide bonds. The summed E-state index contributed by atoms with van der Waals surface area (Å²) in [5.74, 6) is 1.76. The van der Waals surface area contributed by atoms with Gasteiger partial charge in [-0.1, -0.05) is 23.4 Å². The molecule has 26 heavy (non-hydrogen) atoms. The molecular formula is C19H18N4O3. The van der Waals surface area contributed by atoms with E-state index in [2.05, 4.69) is 15.1 Å². The monoisotopic (exact) mass is 350 g/mol. The number of hydrogen-bond donors (Lipinski definition) is 0. The van der Waals surface area contributed by atoms with Crippen LogP contribution in [0, 0.1) is 0 Å². The Bertz CT molecular complexity index is 910. The van der Waals surface area contributed by atoms with Gasteiger partial charge >= 0.3 is 0 Å². The Kier molecular flexibility index (Phi) is 4.35. The van der Waals surface area contributed by atoms with Crippen LogP contribution in [0.5, 0.6) is 5.75 Å². The third kappa shape index (κ3) is 3.42. The molecular weight excluding hydrogens is 332 g/mol. The molecule has 1 atom stereocenters. The number of benzene rings is 1. The van der Waals surface area contributed by atoms with E-state index >= 15 is 0 Å². The number of likely N-dealkylation sites (tertiary alicyclic amines) is 1. The molecule has 0 bridgehead atoms. The molecule has 1 saturated heterocycles. The number of aromatic nitrogens is 3. The molecule has 1 unspecified atom stereocenters. The fourth-order valence-corrected chi connectivity index (χ4v) is 2.92. The highest BCUT2D eigenvalue weighted by molar-refractivity contribution is 5.79. The number of nitrogens with zero attached hydrogens (tertiary/aromatic N) is 4. The van der Waals surface area contributed by atoms with Crippen molar-refractivity contribution in [2.75, 3.05) is 13.6 Å². The Balaban J connectivity index is 1.47. The van der Waals surface area contributed by atoms with Gasteiger partial charge in [-0.3, -0.25) is 9.78 Å². The Hall–Kier alpha value is -3.22. The van der Waals surface area contributed by atoms with Crippen molar-refractivity contribution in [2.24, 2.45) is 0 Å². The van der Waals surface area contributed by atoms with Crippen molar-refractivity contribution in [3.63, 3.8) is 0 Å². The summed E-state index contributed by atoms with van der Waals surface area (Å²) in [6, 6.07) is 11.4. The van der Waals surface area contributed by atoms with Gasteiger partial charge in [0, 0.05) is 43.5 Å². The molecule has 0 spiro atoms. The SMILES string of the molecule is CN1CC(c2nc(-c3cccc(OCc4cccnc4)c3)no2)CC1=O. The second-order valence-electron chi connectivity index (χ2n) is 6.31. The lowest BCUT2D eigenvalue weighted by molar-refractivity contribution is -0.126. The van der Waals surface area contributed by atoms with Gasteiger partial charge in [-0.25, -0.2) is 0 Å². The molecule has 1 fully saturated rings. The van der Waals surface area contributed by atoms with Gasteiger partial charge < -0.3 is 14.2 Å². The van der Waals surface area contributed by atoms with Crippen LogP contribution >= 0.6 is 0 Å². The van der Waals surface area contributed by atoms with Crippen LogP contribution < -0.4 is 4.74 Å². The summed E-state index contributed by atoms with van der Waals surface area (Å²) in [6.07, 6.45) is 3.91. The fourth-order valence-electron chi connectivity index (χ4n) is 2.92.